The van der Waals surface area contributed by atoms with E-state index < -0.39 is 0 Å². The van der Waals surface area contributed by atoms with Crippen LogP contribution in [0.4, 0.5) is 0 Å². The molecule has 0 bridgehead atoms. The molecule has 0 amide bonds. The number of aliphatic hydroxyl groups is 2. The van der Waals surface area contributed by atoms with Gasteiger partial charge in [-0.05, 0) is 31.5 Å². The Morgan fingerprint density at radius 2 is 1.23 bits per heavy atom. The van der Waals surface area contributed by atoms with E-state index in [1.54, 1.807) is 7.11 Å². The first-order valence-corrected chi connectivity index (χ1v) is 9.62. The highest BCUT2D eigenvalue weighted by atomic mass is 16.5. The topological polar surface area (TPSA) is 59.4 Å². The summed E-state index contributed by atoms with van der Waals surface area (Å²) in [5.41, 5.74) is 1.27. The Bertz CT molecular complexity index is 486. The SMILES string of the molecule is COc1ccc(CN2CCN(CC(C)O)CCN(CC(C)O)CC2)cc1. The molecule has 1 aromatic rings. The molecule has 1 aromatic carbocycles. The van der Waals surface area contributed by atoms with Crippen LogP contribution in [0.1, 0.15) is 19.4 Å². The Morgan fingerprint density at radius 3 is 1.62 bits per heavy atom. The summed E-state index contributed by atoms with van der Waals surface area (Å²) >= 11 is 0. The minimum atomic E-state index is -0.323. The zero-order chi connectivity index (χ0) is 18.9. The monoisotopic (exact) mass is 365 g/mol. The Hall–Kier alpha value is -1.18. The van der Waals surface area contributed by atoms with E-state index in [1.165, 1.54) is 5.56 Å². The first-order valence-electron chi connectivity index (χ1n) is 9.62. The normalized spacial score (nSPS) is 20.8. The molecule has 2 N–H and O–H groups in total. The van der Waals surface area contributed by atoms with Crippen molar-refractivity contribution in [2.45, 2.75) is 32.6 Å². The fourth-order valence-electron chi connectivity index (χ4n) is 3.44. The number of aliphatic hydroxyl groups excluding tert-OH is 2. The molecule has 148 valence electrons. The van der Waals surface area contributed by atoms with Crippen LogP contribution in [0.2, 0.25) is 0 Å². The van der Waals surface area contributed by atoms with Crippen LogP contribution in [-0.2, 0) is 6.54 Å². The summed E-state index contributed by atoms with van der Waals surface area (Å²) in [5, 5.41) is 19.6. The zero-order valence-electron chi connectivity index (χ0n) is 16.5. The molecule has 1 aliphatic rings. The molecule has 6 nitrogen and oxygen atoms in total. The molecule has 1 heterocycles. The van der Waals surface area contributed by atoms with Crippen molar-refractivity contribution in [2.24, 2.45) is 0 Å². The molecular weight excluding hydrogens is 330 g/mol. The molecule has 2 unspecified atom stereocenters. The molecule has 0 spiro atoms. The Balaban J connectivity index is 2.01. The van der Waals surface area contributed by atoms with Crippen molar-refractivity contribution in [1.82, 2.24) is 14.7 Å². The van der Waals surface area contributed by atoms with Crippen LogP contribution < -0.4 is 4.74 Å². The second-order valence-electron chi connectivity index (χ2n) is 7.42. The van der Waals surface area contributed by atoms with Gasteiger partial charge in [0.05, 0.1) is 19.3 Å². The number of hydrogen-bond acceptors (Lipinski definition) is 6. The number of rotatable bonds is 7. The van der Waals surface area contributed by atoms with Crippen molar-refractivity contribution in [3.05, 3.63) is 29.8 Å². The maximum Gasteiger partial charge on any atom is 0.118 e. The maximum absolute atomic E-state index is 9.78. The highest BCUT2D eigenvalue weighted by Crippen LogP contribution is 2.13. The van der Waals surface area contributed by atoms with Crippen molar-refractivity contribution in [1.29, 1.82) is 0 Å². The van der Waals surface area contributed by atoms with Gasteiger partial charge < -0.3 is 14.9 Å². The average Bonchev–Trinajstić information content (AvgIpc) is 2.68. The summed E-state index contributed by atoms with van der Waals surface area (Å²) in [6, 6.07) is 8.25. The van der Waals surface area contributed by atoms with Crippen LogP contribution >= 0.6 is 0 Å². The molecule has 1 aliphatic heterocycles. The number of β-amino-alcohol motifs (C(OH)–C–C–N with tert-alkyl or cyclic N) is 2. The maximum atomic E-state index is 9.78. The molecule has 0 saturated carbocycles. The first kappa shape index (κ1) is 21.1. The van der Waals surface area contributed by atoms with Gasteiger partial charge in [-0.2, -0.15) is 0 Å². The van der Waals surface area contributed by atoms with Crippen molar-refractivity contribution < 1.29 is 14.9 Å². The van der Waals surface area contributed by atoms with E-state index in [1.807, 2.05) is 26.0 Å². The van der Waals surface area contributed by atoms with E-state index in [0.717, 1.165) is 51.6 Å². The molecule has 0 radical (unpaired) electrons. The lowest BCUT2D eigenvalue weighted by Crippen LogP contribution is -2.41. The number of hydrogen-bond donors (Lipinski definition) is 2. The van der Waals surface area contributed by atoms with Gasteiger partial charge in [0.25, 0.3) is 0 Å². The fraction of sp³-hybridized carbons (Fsp3) is 0.700. The smallest absolute Gasteiger partial charge is 0.118 e. The first-order chi connectivity index (χ1) is 12.5. The Morgan fingerprint density at radius 1 is 0.808 bits per heavy atom. The lowest BCUT2D eigenvalue weighted by atomic mass is 10.2. The van der Waals surface area contributed by atoms with Gasteiger partial charge in [-0.15, -0.1) is 0 Å². The highest BCUT2D eigenvalue weighted by Gasteiger charge is 2.18. The van der Waals surface area contributed by atoms with E-state index in [2.05, 4.69) is 26.8 Å². The minimum absolute atomic E-state index is 0.323. The van der Waals surface area contributed by atoms with Crippen LogP contribution in [0.25, 0.3) is 0 Å². The third-order valence-corrected chi connectivity index (χ3v) is 4.81. The molecule has 0 aromatic heterocycles. The van der Waals surface area contributed by atoms with Crippen LogP contribution in [0.15, 0.2) is 24.3 Å². The summed E-state index contributed by atoms with van der Waals surface area (Å²) in [6.07, 6.45) is -0.646. The van der Waals surface area contributed by atoms with Gasteiger partial charge in [0, 0.05) is 58.9 Å². The highest BCUT2D eigenvalue weighted by molar-refractivity contribution is 5.27. The van der Waals surface area contributed by atoms with Crippen LogP contribution in [0.5, 0.6) is 5.75 Å². The number of methoxy groups -OCH3 is 1. The third kappa shape index (κ3) is 7.60. The van der Waals surface area contributed by atoms with Crippen LogP contribution in [0.3, 0.4) is 0 Å². The fourth-order valence-corrected chi connectivity index (χ4v) is 3.44. The molecule has 2 rings (SSSR count). The number of benzene rings is 1. The van der Waals surface area contributed by atoms with E-state index >= 15 is 0 Å². The standard InChI is InChI=1S/C20H35N3O3/c1-17(24)14-21-8-9-22(15-18(2)25)11-13-23(12-10-21)16-19-4-6-20(26-3)7-5-19/h4-7,17-18,24-25H,8-16H2,1-3H3. The summed E-state index contributed by atoms with van der Waals surface area (Å²) < 4.78 is 5.24. The van der Waals surface area contributed by atoms with Crippen LogP contribution in [0, 0.1) is 0 Å². The van der Waals surface area contributed by atoms with Gasteiger partial charge in [-0.1, -0.05) is 12.1 Å². The van der Waals surface area contributed by atoms with Gasteiger partial charge in [0.15, 0.2) is 0 Å². The van der Waals surface area contributed by atoms with E-state index in [4.69, 9.17) is 4.74 Å². The third-order valence-electron chi connectivity index (χ3n) is 4.81. The summed E-state index contributed by atoms with van der Waals surface area (Å²) in [7, 11) is 1.68. The molecule has 0 aliphatic carbocycles. The Kier molecular flexibility index (Phi) is 8.81. The van der Waals surface area contributed by atoms with Crippen molar-refractivity contribution >= 4 is 0 Å². The average molecular weight is 366 g/mol. The van der Waals surface area contributed by atoms with Gasteiger partial charge >= 0.3 is 0 Å². The second kappa shape index (κ2) is 10.8. The number of nitrogens with zero attached hydrogens (tertiary/aromatic N) is 3. The number of ether oxygens (including phenoxy) is 1. The van der Waals surface area contributed by atoms with Crippen molar-refractivity contribution in [3.8, 4) is 5.75 Å². The predicted octanol–water partition coefficient (Wildman–Crippen LogP) is 0.876. The molecule has 6 heteroatoms. The van der Waals surface area contributed by atoms with Gasteiger partial charge in [0.1, 0.15) is 5.75 Å². The van der Waals surface area contributed by atoms with Crippen molar-refractivity contribution in [2.75, 3.05) is 59.5 Å². The van der Waals surface area contributed by atoms with E-state index in [0.29, 0.717) is 13.1 Å². The quantitative estimate of drug-likeness (QED) is 0.748. The summed E-state index contributed by atoms with van der Waals surface area (Å²) in [6.45, 7) is 11.7. The lowest BCUT2D eigenvalue weighted by Gasteiger charge is -2.27. The molecule has 26 heavy (non-hydrogen) atoms. The van der Waals surface area contributed by atoms with Crippen LogP contribution in [-0.4, -0.2) is 96.6 Å². The molecule has 2 atom stereocenters. The van der Waals surface area contributed by atoms with Gasteiger partial charge in [0.2, 0.25) is 0 Å². The molecule has 1 fully saturated rings. The molecule has 1 saturated heterocycles. The zero-order valence-corrected chi connectivity index (χ0v) is 16.5. The van der Waals surface area contributed by atoms with Gasteiger partial charge in [-0.25, -0.2) is 0 Å². The van der Waals surface area contributed by atoms with E-state index in [-0.39, 0.29) is 12.2 Å². The predicted molar refractivity (Wildman–Crippen MR) is 105 cm³/mol. The van der Waals surface area contributed by atoms with Crippen molar-refractivity contribution in [3.63, 3.8) is 0 Å². The molecular formula is C20H35N3O3. The van der Waals surface area contributed by atoms with Gasteiger partial charge in [-0.3, -0.25) is 14.7 Å². The summed E-state index contributed by atoms with van der Waals surface area (Å²) in [4.78, 5) is 7.11. The largest absolute Gasteiger partial charge is 0.497 e. The second-order valence-corrected chi connectivity index (χ2v) is 7.42. The van der Waals surface area contributed by atoms with E-state index in [9.17, 15) is 10.2 Å². The Labute approximate surface area is 158 Å². The summed E-state index contributed by atoms with van der Waals surface area (Å²) in [5.74, 6) is 0.879. The lowest BCUT2D eigenvalue weighted by molar-refractivity contribution is 0.102. The minimum Gasteiger partial charge on any atom is -0.497 e.